The van der Waals surface area contributed by atoms with Crippen LogP contribution in [0.25, 0.3) is 0 Å². The predicted molar refractivity (Wildman–Crippen MR) is 35.5 cm³/mol. The summed E-state index contributed by atoms with van der Waals surface area (Å²) in [5.41, 5.74) is 5.23. The summed E-state index contributed by atoms with van der Waals surface area (Å²) in [6.07, 6.45) is 0. The van der Waals surface area contributed by atoms with Crippen molar-refractivity contribution in [3.8, 4) is 0 Å². The number of carbonyl (C=O) groups is 1. The normalized spacial score (nSPS) is 25.8. The van der Waals surface area contributed by atoms with Gasteiger partial charge in [0.1, 0.15) is 5.84 Å². The van der Waals surface area contributed by atoms with Crippen molar-refractivity contribution in [1.29, 1.82) is 0 Å². The third-order valence-electron chi connectivity index (χ3n) is 0.883. The van der Waals surface area contributed by atoms with Gasteiger partial charge in [-0.25, -0.2) is 9.79 Å². The zero-order valence-corrected chi connectivity index (χ0v) is 5.39. The molecule has 1 heterocycles. The summed E-state index contributed by atoms with van der Waals surface area (Å²) in [5, 5.41) is 7.69. The van der Waals surface area contributed by atoms with Gasteiger partial charge in [-0.15, -0.1) is 11.8 Å². The Balaban J connectivity index is 2.57. The van der Waals surface area contributed by atoms with Gasteiger partial charge in [0.25, 0.3) is 0 Å². The standard InChI is InChI=1S/C4H6N2O2S/c5-2-1-9-3(6-2)4(7)8/h3H,1H2,(H2,5,6)(H,7,8). The Morgan fingerprint density at radius 3 is 2.89 bits per heavy atom. The van der Waals surface area contributed by atoms with Crippen molar-refractivity contribution >= 4 is 23.6 Å². The molecule has 0 fully saturated rings. The Hall–Kier alpha value is -0.710. The number of rotatable bonds is 1. The van der Waals surface area contributed by atoms with E-state index >= 15 is 0 Å². The summed E-state index contributed by atoms with van der Waals surface area (Å²) in [6, 6.07) is 0. The lowest BCUT2D eigenvalue weighted by atomic mass is 10.6. The number of hydrogen-bond acceptors (Lipinski definition) is 4. The lowest BCUT2D eigenvalue weighted by Crippen LogP contribution is -2.12. The van der Waals surface area contributed by atoms with Gasteiger partial charge in [0.2, 0.25) is 0 Å². The summed E-state index contributed by atoms with van der Waals surface area (Å²) in [5.74, 6) is 0.0459. The van der Waals surface area contributed by atoms with Gasteiger partial charge in [-0.1, -0.05) is 0 Å². The molecule has 0 saturated heterocycles. The largest absolute Gasteiger partial charge is 0.479 e. The van der Waals surface area contributed by atoms with Crippen LogP contribution in [0.15, 0.2) is 4.99 Å². The molecule has 0 saturated carbocycles. The molecule has 0 radical (unpaired) electrons. The highest BCUT2D eigenvalue weighted by molar-refractivity contribution is 8.01. The van der Waals surface area contributed by atoms with Crippen LogP contribution in [0, 0.1) is 0 Å². The van der Waals surface area contributed by atoms with E-state index in [0.717, 1.165) is 0 Å². The highest BCUT2D eigenvalue weighted by atomic mass is 32.2. The molecule has 0 aliphatic carbocycles. The van der Waals surface area contributed by atoms with Crippen LogP contribution < -0.4 is 5.73 Å². The number of aliphatic carboxylic acids is 1. The average Bonchev–Trinajstić information content (AvgIpc) is 2.14. The molecule has 0 spiro atoms. The Morgan fingerprint density at radius 1 is 2.00 bits per heavy atom. The molecule has 5 heteroatoms. The topological polar surface area (TPSA) is 75.7 Å². The average molecular weight is 146 g/mol. The van der Waals surface area contributed by atoms with E-state index in [1.165, 1.54) is 11.8 Å². The predicted octanol–water partition coefficient (Wildman–Crippen LogP) is -0.499. The second-order valence-corrected chi connectivity index (χ2v) is 2.69. The number of aliphatic imine (C=N–C) groups is 1. The molecule has 0 aromatic carbocycles. The Bertz CT molecular complexity index is 168. The number of nitrogens with zero attached hydrogens (tertiary/aromatic N) is 1. The number of carboxylic acids is 1. The van der Waals surface area contributed by atoms with Crippen LogP contribution in [0.4, 0.5) is 0 Å². The van der Waals surface area contributed by atoms with E-state index in [-0.39, 0.29) is 0 Å². The third kappa shape index (κ3) is 1.35. The van der Waals surface area contributed by atoms with Crippen molar-refractivity contribution in [2.24, 2.45) is 10.7 Å². The minimum Gasteiger partial charge on any atom is -0.479 e. The van der Waals surface area contributed by atoms with Gasteiger partial charge in [-0.05, 0) is 0 Å². The van der Waals surface area contributed by atoms with Crippen LogP contribution in [-0.4, -0.2) is 28.0 Å². The quantitative estimate of drug-likeness (QED) is 0.523. The van der Waals surface area contributed by atoms with Crippen molar-refractivity contribution in [2.75, 3.05) is 5.75 Å². The number of hydrogen-bond donors (Lipinski definition) is 2. The van der Waals surface area contributed by atoms with Gasteiger partial charge < -0.3 is 10.8 Å². The van der Waals surface area contributed by atoms with Crippen LogP contribution in [0.2, 0.25) is 0 Å². The second kappa shape index (κ2) is 2.26. The fourth-order valence-electron chi connectivity index (χ4n) is 0.516. The smallest absolute Gasteiger partial charge is 0.339 e. The van der Waals surface area contributed by atoms with Crippen LogP contribution in [-0.2, 0) is 4.79 Å². The molecule has 3 N–H and O–H groups in total. The minimum absolute atomic E-state index is 0.424. The Labute approximate surface area is 56.1 Å². The molecule has 0 aromatic rings. The van der Waals surface area contributed by atoms with E-state index in [0.29, 0.717) is 11.6 Å². The number of thioether (sulfide) groups is 1. The molecule has 1 unspecified atom stereocenters. The second-order valence-electron chi connectivity index (χ2n) is 1.62. The lowest BCUT2D eigenvalue weighted by molar-refractivity contribution is -0.136. The van der Waals surface area contributed by atoms with Gasteiger partial charge in [-0.2, -0.15) is 0 Å². The maximum absolute atomic E-state index is 10.2. The SMILES string of the molecule is NC1=NC(C(=O)O)SC1. The van der Waals surface area contributed by atoms with E-state index < -0.39 is 11.3 Å². The van der Waals surface area contributed by atoms with Crippen molar-refractivity contribution in [1.82, 2.24) is 0 Å². The monoisotopic (exact) mass is 146 g/mol. The summed E-state index contributed by atoms with van der Waals surface area (Å²) in [7, 11) is 0. The zero-order chi connectivity index (χ0) is 6.85. The molecule has 0 bridgehead atoms. The van der Waals surface area contributed by atoms with E-state index in [1.54, 1.807) is 0 Å². The van der Waals surface area contributed by atoms with Crippen molar-refractivity contribution in [3.63, 3.8) is 0 Å². The summed E-state index contributed by atoms with van der Waals surface area (Å²) >= 11 is 1.23. The molecule has 0 aromatic heterocycles. The van der Waals surface area contributed by atoms with Gasteiger partial charge in [0.05, 0.1) is 5.75 Å². The molecule has 4 nitrogen and oxygen atoms in total. The maximum Gasteiger partial charge on any atom is 0.339 e. The fraction of sp³-hybridized carbons (Fsp3) is 0.500. The molecule has 1 aliphatic rings. The fourth-order valence-corrected chi connectivity index (χ4v) is 1.27. The first kappa shape index (κ1) is 6.41. The highest BCUT2D eigenvalue weighted by Crippen LogP contribution is 2.17. The van der Waals surface area contributed by atoms with E-state index in [2.05, 4.69) is 4.99 Å². The summed E-state index contributed by atoms with van der Waals surface area (Å²) < 4.78 is 0. The molecular weight excluding hydrogens is 140 g/mol. The molecule has 1 rings (SSSR count). The minimum atomic E-state index is -0.916. The first-order chi connectivity index (χ1) is 4.20. The zero-order valence-electron chi connectivity index (χ0n) is 4.57. The lowest BCUT2D eigenvalue weighted by Gasteiger charge is -1.93. The number of carboxylic acid groups (broad SMARTS) is 1. The van der Waals surface area contributed by atoms with Crippen LogP contribution in [0.3, 0.4) is 0 Å². The molecule has 0 amide bonds. The van der Waals surface area contributed by atoms with Gasteiger partial charge >= 0.3 is 5.97 Å². The van der Waals surface area contributed by atoms with E-state index in [9.17, 15) is 4.79 Å². The van der Waals surface area contributed by atoms with Crippen LogP contribution >= 0.6 is 11.8 Å². The van der Waals surface area contributed by atoms with E-state index in [1.807, 2.05) is 0 Å². The number of amidine groups is 1. The molecule has 1 atom stereocenters. The summed E-state index contributed by atoms with van der Waals surface area (Å²) in [6.45, 7) is 0. The van der Waals surface area contributed by atoms with E-state index in [4.69, 9.17) is 10.8 Å². The summed E-state index contributed by atoms with van der Waals surface area (Å²) in [4.78, 5) is 13.8. The van der Waals surface area contributed by atoms with Crippen LogP contribution in [0.5, 0.6) is 0 Å². The Morgan fingerprint density at radius 2 is 2.67 bits per heavy atom. The maximum atomic E-state index is 10.2. The molecular formula is C4H6N2O2S. The third-order valence-corrected chi connectivity index (χ3v) is 1.97. The van der Waals surface area contributed by atoms with Gasteiger partial charge in [-0.3, -0.25) is 0 Å². The van der Waals surface area contributed by atoms with Gasteiger partial charge in [0, 0.05) is 0 Å². The van der Waals surface area contributed by atoms with Crippen LogP contribution in [0.1, 0.15) is 0 Å². The van der Waals surface area contributed by atoms with Crippen molar-refractivity contribution in [3.05, 3.63) is 0 Å². The number of nitrogens with two attached hydrogens (primary N) is 1. The molecule has 9 heavy (non-hydrogen) atoms. The first-order valence-electron chi connectivity index (χ1n) is 2.36. The molecule has 1 aliphatic heterocycles. The van der Waals surface area contributed by atoms with Gasteiger partial charge in [0.15, 0.2) is 5.37 Å². The highest BCUT2D eigenvalue weighted by Gasteiger charge is 2.22. The Kier molecular flexibility index (Phi) is 1.61. The van der Waals surface area contributed by atoms with Crippen molar-refractivity contribution < 1.29 is 9.90 Å². The van der Waals surface area contributed by atoms with Crippen molar-refractivity contribution in [2.45, 2.75) is 5.37 Å². The molecule has 50 valence electrons. The first-order valence-corrected chi connectivity index (χ1v) is 3.41.